The molecule has 0 saturated heterocycles. The number of anilines is 5. The number of para-hydroxylation sites is 2. The van der Waals surface area contributed by atoms with E-state index in [0.717, 1.165) is 11.1 Å². The van der Waals surface area contributed by atoms with Crippen molar-refractivity contribution in [3.8, 4) is 11.5 Å². The molecule has 11 heteroatoms. The lowest BCUT2D eigenvalue weighted by atomic mass is 10.1. The number of rotatable bonds is 11. The number of nitrogens with one attached hydrogen (secondary N) is 3. The van der Waals surface area contributed by atoms with Crippen LogP contribution in [0.3, 0.4) is 0 Å². The first-order chi connectivity index (χ1) is 19.4. The first kappa shape index (κ1) is 27.7. The van der Waals surface area contributed by atoms with Crippen LogP contribution in [0.2, 0.25) is 0 Å². The van der Waals surface area contributed by atoms with Crippen LogP contribution in [-0.2, 0) is 11.3 Å². The fraction of sp³-hybridized carbons (Fsp3) is 0.172. The summed E-state index contributed by atoms with van der Waals surface area (Å²) in [4.78, 5) is 38.3. The minimum absolute atomic E-state index is 0.205. The summed E-state index contributed by atoms with van der Waals surface area (Å²) in [5, 5.41) is 8.89. The van der Waals surface area contributed by atoms with E-state index in [0.29, 0.717) is 34.4 Å². The average molecular weight is 542 g/mol. The van der Waals surface area contributed by atoms with Gasteiger partial charge in [0.1, 0.15) is 17.3 Å². The van der Waals surface area contributed by atoms with Gasteiger partial charge >= 0.3 is 6.03 Å². The van der Waals surface area contributed by atoms with Crippen LogP contribution in [0.15, 0.2) is 85.7 Å². The summed E-state index contributed by atoms with van der Waals surface area (Å²) >= 11 is 0. The van der Waals surface area contributed by atoms with Gasteiger partial charge in [-0.15, -0.1) is 0 Å². The highest BCUT2D eigenvalue weighted by atomic mass is 16.5. The highest BCUT2D eigenvalue weighted by Crippen LogP contribution is 2.35. The lowest BCUT2D eigenvalue weighted by Crippen LogP contribution is -2.48. The number of hydrogen-bond acceptors (Lipinski definition) is 8. The molecule has 0 unspecified atom stereocenters. The Balaban J connectivity index is 1.75. The van der Waals surface area contributed by atoms with E-state index >= 15 is 0 Å². The molecule has 2 heterocycles. The molecule has 206 valence electrons. The Kier molecular flexibility index (Phi) is 8.65. The van der Waals surface area contributed by atoms with Crippen molar-refractivity contribution in [1.82, 2.24) is 15.3 Å². The number of nitrogens with zero attached hydrogens (tertiary/aromatic N) is 4. The SMILES string of the molecule is C=CC(=O)Nc1ccccc1Nc1ncc2c(n1)N(C/C(C=C)=C/NC)C(=O)N(c1cc(OC)cc(OC)c1)C2. The molecule has 0 radical (unpaired) electrons. The number of benzene rings is 2. The van der Waals surface area contributed by atoms with Gasteiger partial charge in [-0.25, -0.2) is 9.78 Å². The third-order valence-corrected chi connectivity index (χ3v) is 6.08. The monoisotopic (exact) mass is 541 g/mol. The second kappa shape index (κ2) is 12.5. The number of amides is 3. The van der Waals surface area contributed by atoms with E-state index in [4.69, 9.17) is 14.5 Å². The minimum Gasteiger partial charge on any atom is -0.497 e. The van der Waals surface area contributed by atoms with Crippen LogP contribution in [-0.4, -0.2) is 49.7 Å². The lowest BCUT2D eigenvalue weighted by Gasteiger charge is -2.36. The number of hydrogen-bond donors (Lipinski definition) is 3. The van der Waals surface area contributed by atoms with Gasteiger partial charge in [-0.3, -0.25) is 14.6 Å². The first-order valence-corrected chi connectivity index (χ1v) is 12.4. The van der Waals surface area contributed by atoms with Crippen molar-refractivity contribution < 1.29 is 19.1 Å². The zero-order valence-electron chi connectivity index (χ0n) is 22.6. The normalized spacial score (nSPS) is 12.8. The van der Waals surface area contributed by atoms with E-state index in [9.17, 15) is 9.59 Å². The number of carbonyl (C=O) groups is 2. The lowest BCUT2D eigenvalue weighted by molar-refractivity contribution is -0.111. The molecule has 0 bridgehead atoms. The molecule has 0 saturated carbocycles. The Labute approximate surface area is 232 Å². The van der Waals surface area contributed by atoms with Crippen LogP contribution in [0, 0.1) is 0 Å². The Bertz CT molecular complexity index is 1450. The summed E-state index contributed by atoms with van der Waals surface area (Å²) in [7, 11) is 4.89. The Morgan fingerprint density at radius 2 is 1.77 bits per heavy atom. The molecule has 3 amide bonds. The maximum absolute atomic E-state index is 14.0. The predicted octanol–water partition coefficient (Wildman–Crippen LogP) is 4.60. The topological polar surface area (TPSA) is 121 Å². The summed E-state index contributed by atoms with van der Waals surface area (Å²) in [5.74, 6) is 1.47. The quantitative estimate of drug-likeness (QED) is 0.238. The molecule has 0 fully saturated rings. The summed E-state index contributed by atoms with van der Waals surface area (Å²) in [5.41, 5.74) is 3.22. The largest absolute Gasteiger partial charge is 0.497 e. The van der Waals surface area contributed by atoms with Crippen molar-refractivity contribution in [2.24, 2.45) is 0 Å². The molecular formula is C29H31N7O4. The third-order valence-electron chi connectivity index (χ3n) is 6.08. The fourth-order valence-corrected chi connectivity index (χ4v) is 4.11. The average Bonchev–Trinajstić information content (AvgIpc) is 2.98. The van der Waals surface area contributed by atoms with E-state index < -0.39 is 0 Å². The smallest absolute Gasteiger partial charge is 0.330 e. The van der Waals surface area contributed by atoms with E-state index in [2.05, 4.69) is 34.1 Å². The molecule has 3 N–H and O–H groups in total. The molecule has 1 aliphatic rings. The summed E-state index contributed by atoms with van der Waals surface area (Å²) < 4.78 is 10.8. The van der Waals surface area contributed by atoms with Gasteiger partial charge in [-0.1, -0.05) is 31.4 Å². The standard InChI is InChI=1S/C29H31N7O4/c1-6-19(15-30-3)17-36-27-20(18-35(29(36)38)21-12-22(39-4)14-23(13-21)40-5)16-31-28(34-27)33-25-11-9-8-10-24(25)32-26(37)7-2/h6-16,30H,1-2,17-18H2,3-5H3,(H,32,37)(H,31,33,34)/b19-15+. The highest BCUT2D eigenvalue weighted by Gasteiger charge is 2.34. The van der Waals surface area contributed by atoms with Gasteiger partial charge in [0.05, 0.1) is 44.4 Å². The number of ether oxygens (including phenoxy) is 2. The zero-order chi connectivity index (χ0) is 28.6. The molecule has 2 aromatic carbocycles. The van der Waals surface area contributed by atoms with E-state index in [1.54, 1.807) is 85.9 Å². The van der Waals surface area contributed by atoms with Crippen LogP contribution < -0.4 is 35.2 Å². The van der Waals surface area contributed by atoms with Crippen molar-refractivity contribution in [3.63, 3.8) is 0 Å². The van der Waals surface area contributed by atoms with Gasteiger partial charge in [0, 0.05) is 43.2 Å². The van der Waals surface area contributed by atoms with Crippen LogP contribution in [0.4, 0.5) is 33.6 Å². The van der Waals surface area contributed by atoms with E-state index in [1.165, 1.54) is 6.08 Å². The zero-order valence-corrected chi connectivity index (χ0v) is 22.6. The van der Waals surface area contributed by atoms with Crippen LogP contribution in [0.5, 0.6) is 11.5 Å². The first-order valence-electron chi connectivity index (χ1n) is 12.4. The molecular weight excluding hydrogens is 510 g/mol. The second-order valence-corrected chi connectivity index (χ2v) is 8.64. The Morgan fingerprint density at radius 3 is 2.40 bits per heavy atom. The Hall–Kier alpha value is -5.32. The van der Waals surface area contributed by atoms with Gasteiger partial charge in [0.25, 0.3) is 0 Å². The van der Waals surface area contributed by atoms with Crippen molar-refractivity contribution in [1.29, 1.82) is 0 Å². The number of carbonyl (C=O) groups excluding carboxylic acids is 2. The van der Waals surface area contributed by atoms with Crippen LogP contribution in [0.1, 0.15) is 5.56 Å². The van der Waals surface area contributed by atoms with Gasteiger partial charge in [-0.05, 0) is 23.8 Å². The minimum atomic E-state index is -0.347. The summed E-state index contributed by atoms with van der Waals surface area (Å²) in [6, 6.07) is 12.1. The maximum atomic E-state index is 14.0. The van der Waals surface area contributed by atoms with Crippen molar-refractivity contribution in [3.05, 3.63) is 91.3 Å². The van der Waals surface area contributed by atoms with Gasteiger partial charge < -0.3 is 25.4 Å². The number of urea groups is 1. The second-order valence-electron chi connectivity index (χ2n) is 8.64. The molecule has 0 spiro atoms. The third kappa shape index (κ3) is 6.04. The fourth-order valence-electron chi connectivity index (χ4n) is 4.11. The molecule has 0 atom stereocenters. The van der Waals surface area contributed by atoms with E-state index in [-0.39, 0.29) is 31.0 Å². The number of fused-ring (bicyclic) bond motifs is 1. The summed E-state index contributed by atoms with van der Waals surface area (Å²) in [6.45, 7) is 7.81. The van der Waals surface area contributed by atoms with Crippen molar-refractivity contribution in [2.45, 2.75) is 6.54 Å². The van der Waals surface area contributed by atoms with Crippen molar-refractivity contribution in [2.75, 3.05) is 48.2 Å². The molecule has 40 heavy (non-hydrogen) atoms. The molecule has 0 aliphatic carbocycles. The van der Waals surface area contributed by atoms with Crippen molar-refractivity contribution >= 4 is 40.8 Å². The summed E-state index contributed by atoms with van der Waals surface area (Å²) in [6.07, 6.45) is 6.31. The Morgan fingerprint density at radius 1 is 1.07 bits per heavy atom. The number of aromatic nitrogens is 2. The molecule has 4 rings (SSSR count). The van der Waals surface area contributed by atoms with Gasteiger partial charge in [0.15, 0.2) is 0 Å². The molecule has 11 nitrogen and oxygen atoms in total. The van der Waals surface area contributed by atoms with Crippen LogP contribution in [0.25, 0.3) is 0 Å². The molecule has 3 aromatic rings. The maximum Gasteiger partial charge on any atom is 0.330 e. The molecule has 1 aromatic heterocycles. The highest BCUT2D eigenvalue weighted by molar-refractivity contribution is 6.06. The number of methoxy groups -OCH3 is 2. The molecule has 1 aliphatic heterocycles. The van der Waals surface area contributed by atoms with Gasteiger partial charge in [-0.2, -0.15) is 4.98 Å². The van der Waals surface area contributed by atoms with E-state index in [1.807, 2.05) is 6.07 Å². The predicted molar refractivity (Wildman–Crippen MR) is 156 cm³/mol. The van der Waals surface area contributed by atoms with Gasteiger partial charge in [0.2, 0.25) is 11.9 Å². The van der Waals surface area contributed by atoms with Crippen LogP contribution >= 0.6 is 0 Å².